The lowest BCUT2D eigenvalue weighted by atomic mass is 9.95. The van der Waals surface area contributed by atoms with Crippen LogP contribution in [0.4, 0.5) is 43.9 Å². The lowest BCUT2D eigenvalue weighted by molar-refractivity contribution is -0.140. The van der Waals surface area contributed by atoms with Crippen LogP contribution in [-0.4, -0.2) is 36.8 Å². The fraction of sp³-hybridized carbons (Fsp3) is 0.304. The van der Waals surface area contributed by atoms with Crippen molar-refractivity contribution in [3.05, 3.63) is 74.2 Å². The maximum absolute atomic E-state index is 14.9. The Morgan fingerprint density at radius 1 is 1.00 bits per heavy atom. The largest absolute Gasteiger partial charge is 0.417 e. The summed E-state index contributed by atoms with van der Waals surface area (Å²) in [4.78, 5) is 24.1. The molecule has 0 radical (unpaired) electrons. The number of halogens is 12. The molecule has 0 aromatic heterocycles. The van der Waals surface area contributed by atoms with Crippen LogP contribution in [0.5, 0.6) is 0 Å². The number of carbonyl (C=O) groups excluding carboxylic acids is 2. The third-order valence-corrected chi connectivity index (χ3v) is 6.23. The highest BCUT2D eigenvalue weighted by Gasteiger charge is 2.41. The summed E-state index contributed by atoms with van der Waals surface area (Å²) in [5.41, 5.74) is -4.33. The Labute approximate surface area is 227 Å². The lowest BCUT2D eigenvalue weighted by Gasteiger charge is -2.19. The van der Waals surface area contributed by atoms with Crippen LogP contribution in [0.25, 0.3) is 5.83 Å². The average Bonchev–Trinajstić information content (AvgIpc) is 2.80. The highest BCUT2D eigenvalue weighted by Crippen LogP contribution is 2.41. The number of hydrogen-bond acceptors (Lipinski definition) is 2. The number of nitrogens with one attached hydrogen (secondary N) is 2. The van der Waals surface area contributed by atoms with Gasteiger partial charge in [0.15, 0.2) is 0 Å². The van der Waals surface area contributed by atoms with Crippen LogP contribution in [0, 0.1) is 0 Å². The van der Waals surface area contributed by atoms with Gasteiger partial charge < -0.3 is 10.6 Å². The molecule has 2 N–H and O–H groups in total. The number of hydrogen-bond donors (Lipinski definition) is 2. The third-order valence-electron chi connectivity index (χ3n) is 5.02. The van der Waals surface area contributed by atoms with Crippen molar-refractivity contribution in [2.75, 3.05) is 6.54 Å². The molecule has 16 heteroatoms. The van der Waals surface area contributed by atoms with Gasteiger partial charge in [-0.3, -0.25) is 9.59 Å². The first-order valence-electron chi connectivity index (χ1n) is 10.5. The summed E-state index contributed by atoms with van der Waals surface area (Å²) < 4.78 is 134. The molecular formula is C23H16BrClF10N2O2. The van der Waals surface area contributed by atoms with E-state index in [-0.39, 0.29) is 21.6 Å². The molecule has 1 unspecified atom stereocenters. The Hall–Kier alpha value is -2.81. The summed E-state index contributed by atoms with van der Waals surface area (Å²) in [6, 6.07) is 2.48. The molecule has 2 atom stereocenters. The van der Waals surface area contributed by atoms with Gasteiger partial charge >= 0.3 is 18.5 Å². The van der Waals surface area contributed by atoms with E-state index in [1.54, 1.807) is 5.32 Å². The second-order valence-corrected chi connectivity index (χ2v) is 9.26. The van der Waals surface area contributed by atoms with Gasteiger partial charge in [0.1, 0.15) is 24.3 Å². The molecule has 0 spiro atoms. The Bertz CT molecular complexity index is 1260. The Balaban J connectivity index is 2.42. The van der Waals surface area contributed by atoms with Crippen molar-refractivity contribution in [2.24, 2.45) is 0 Å². The van der Waals surface area contributed by atoms with Gasteiger partial charge in [-0.25, -0.2) is 4.39 Å². The molecule has 0 aliphatic rings. The van der Waals surface area contributed by atoms with Gasteiger partial charge in [0.05, 0.1) is 16.1 Å². The number of rotatable bonds is 7. The van der Waals surface area contributed by atoms with Gasteiger partial charge in [-0.2, -0.15) is 39.5 Å². The summed E-state index contributed by atoms with van der Waals surface area (Å²) in [5.74, 6) is -7.18. The molecule has 0 heterocycles. The van der Waals surface area contributed by atoms with Crippen molar-refractivity contribution in [1.82, 2.24) is 10.6 Å². The van der Waals surface area contributed by atoms with E-state index in [0.717, 1.165) is 25.1 Å². The molecule has 0 fully saturated rings. The van der Waals surface area contributed by atoms with Gasteiger partial charge in [-0.1, -0.05) is 23.7 Å². The van der Waals surface area contributed by atoms with Crippen molar-refractivity contribution in [1.29, 1.82) is 0 Å². The fourth-order valence-corrected chi connectivity index (χ4v) is 3.65. The molecular weight excluding hydrogens is 642 g/mol. The number of carbonyl (C=O) groups is 2. The minimum Gasteiger partial charge on any atom is -0.345 e. The standard InChI is InChI=1S/C23H16BrClF10N2O2/c1-10(19(38)36-9-21(27,28)29)37-20(39)13-4-2-12(6-15(13)23(33,34)35)18(26)8-14(22(30,31)32)11-3-5-17(25)16(24)7-11/h2-8,10,14H,9H2,1H3,(H,36,38)(H,37,39)/b18-8-/t10-,14?/m1/s1. The molecule has 0 saturated carbocycles. The van der Waals surface area contributed by atoms with Gasteiger partial charge in [0.25, 0.3) is 5.91 Å². The van der Waals surface area contributed by atoms with Gasteiger partial charge in [0.2, 0.25) is 5.91 Å². The van der Waals surface area contributed by atoms with Crippen LogP contribution in [-0.2, 0) is 11.0 Å². The molecule has 214 valence electrons. The highest BCUT2D eigenvalue weighted by atomic mass is 79.9. The smallest absolute Gasteiger partial charge is 0.345 e. The molecule has 0 aliphatic heterocycles. The molecule has 2 rings (SSSR count). The van der Waals surface area contributed by atoms with Crippen LogP contribution < -0.4 is 10.6 Å². The van der Waals surface area contributed by atoms with E-state index in [9.17, 15) is 53.5 Å². The molecule has 2 aromatic rings. The molecule has 4 nitrogen and oxygen atoms in total. The molecule has 0 bridgehead atoms. The van der Waals surface area contributed by atoms with E-state index in [2.05, 4.69) is 15.9 Å². The van der Waals surface area contributed by atoms with Crippen LogP contribution in [0.2, 0.25) is 5.02 Å². The topological polar surface area (TPSA) is 58.2 Å². The van der Waals surface area contributed by atoms with E-state index in [0.29, 0.717) is 12.1 Å². The van der Waals surface area contributed by atoms with Gasteiger partial charge in [0, 0.05) is 10.0 Å². The normalized spacial score (nSPS) is 14.5. The zero-order chi connectivity index (χ0) is 29.9. The Morgan fingerprint density at radius 2 is 1.62 bits per heavy atom. The maximum atomic E-state index is 14.9. The Morgan fingerprint density at radius 3 is 2.13 bits per heavy atom. The minimum atomic E-state index is -5.31. The second kappa shape index (κ2) is 12.1. The van der Waals surface area contributed by atoms with Crippen molar-refractivity contribution >= 4 is 45.2 Å². The van der Waals surface area contributed by atoms with Gasteiger partial charge in [-0.05, 0) is 58.8 Å². The first kappa shape index (κ1) is 32.4. The predicted octanol–water partition coefficient (Wildman–Crippen LogP) is 7.57. The van der Waals surface area contributed by atoms with E-state index in [1.165, 1.54) is 5.32 Å². The summed E-state index contributed by atoms with van der Waals surface area (Å²) >= 11 is 8.70. The van der Waals surface area contributed by atoms with Crippen LogP contribution >= 0.6 is 27.5 Å². The zero-order valence-corrected chi connectivity index (χ0v) is 21.6. The number of allylic oxidation sites excluding steroid dienone is 1. The zero-order valence-electron chi connectivity index (χ0n) is 19.3. The van der Waals surface area contributed by atoms with Crippen molar-refractivity contribution in [3.63, 3.8) is 0 Å². The summed E-state index contributed by atoms with van der Waals surface area (Å²) in [6.07, 6.45) is -15.1. The van der Waals surface area contributed by atoms with Gasteiger partial charge in [-0.15, -0.1) is 0 Å². The monoisotopic (exact) mass is 656 g/mol. The van der Waals surface area contributed by atoms with Crippen LogP contribution in [0.1, 0.15) is 39.9 Å². The number of benzene rings is 2. The van der Waals surface area contributed by atoms with Crippen LogP contribution in [0.15, 0.2) is 46.9 Å². The number of amides is 2. The molecule has 2 amide bonds. The highest BCUT2D eigenvalue weighted by molar-refractivity contribution is 9.10. The summed E-state index contributed by atoms with van der Waals surface area (Å²) in [5, 5.41) is 3.28. The van der Waals surface area contributed by atoms with E-state index >= 15 is 0 Å². The first-order valence-corrected chi connectivity index (χ1v) is 11.6. The van der Waals surface area contributed by atoms with Crippen LogP contribution in [0.3, 0.4) is 0 Å². The number of alkyl halides is 9. The van der Waals surface area contributed by atoms with E-state index in [4.69, 9.17) is 11.6 Å². The van der Waals surface area contributed by atoms with Crippen molar-refractivity contribution < 1.29 is 53.5 Å². The Kier molecular flexibility index (Phi) is 10.1. The molecule has 39 heavy (non-hydrogen) atoms. The predicted molar refractivity (Wildman–Crippen MR) is 124 cm³/mol. The molecule has 0 saturated heterocycles. The molecule has 2 aromatic carbocycles. The van der Waals surface area contributed by atoms with E-state index < -0.39 is 76.9 Å². The second-order valence-electron chi connectivity index (χ2n) is 7.99. The SMILES string of the molecule is C[C@@H](NC(=O)c1ccc(/C(F)=C/C(c2ccc(Cl)c(Br)c2)C(F)(F)F)cc1C(F)(F)F)C(=O)NCC(F)(F)F. The minimum absolute atomic E-state index is 0.0535. The first-order chi connectivity index (χ1) is 17.7. The molecule has 0 aliphatic carbocycles. The average molecular weight is 658 g/mol. The lowest BCUT2D eigenvalue weighted by Crippen LogP contribution is -2.47. The quantitative estimate of drug-likeness (QED) is 0.302. The maximum Gasteiger partial charge on any atom is 0.417 e. The fourth-order valence-electron chi connectivity index (χ4n) is 3.13. The van der Waals surface area contributed by atoms with E-state index in [1.807, 2.05) is 0 Å². The summed E-state index contributed by atoms with van der Waals surface area (Å²) in [7, 11) is 0. The third kappa shape index (κ3) is 9.12. The van der Waals surface area contributed by atoms with Crippen molar-refractivity contribution in [3.8, 4) is 0 Å². The van der Waals surface area contributed by atoms with Crippen molar-refractivity contribution in [2.45, 2.75) is 37.4 Å². The summed E-state index contributed by atoms with van der Waals surface area (Å²) in [6.45, 7) is -0.855.